The van der Waals surface area contributed by atoms with Crippen LogP contribution in [0.1, 0.15) is 40.0 Å². The Morgan fingerprint density at radius 1 is 1.50 bits per heavy atom. The summed E-state index contributed by atoms with van der Waals surface area (Å²) in [6.07, 6.45) is 2.18. The van der Waals surface area contributed by atoms with Gasteiger partial charge in [0.15, 0.2) is 0 Å². The lowest BCUT2D eigenvalue weighted by atomic mass is 9.71. The summed E-state index contributed by atoms with van der Waals surface area (Å²) >= 11 is 0. The van der Waals surface area contributed by atoms with Gasteiger partial charge in [-0.3, -0.25) is 4.79 Å². The highest BCUT2D eigenvalue weighted by Crippen LogP contribution is 2.58. The van der Waals surface area contributed by atoms with Crippen molar-refractivity contribution in [1.82, 2.24) is 5.32 Å². The first-order chi connectivity index (χ1) is 7.27. The van der Waals surface area contributed by atoms with Crippen LogP contribution in [0.3, 0.4) is 0 Å². The van der Waals surface area contributed by atoms with Gasteiger partial charge in [0.1, 0.15) is 6.04 Å². The number of rotatable bonds is 1. The molecule has 4 heteroatoms. The fourth-order valence-electron chi connectivity index (χ4n) is 3.86. The molecule has 0 radical (unpaired) electrons. The van der Waals surface area contributed by atoms with Gasteiger partial charge in [0.05, 0.1) is 0 Å². The Morgan fingerprint density at radius 3 is 2.56 bits per heavy atom. The second-order valence-corrected chi connectivity index (χ2v) is 6.19. The molecule has 1 saturated heterocycles. The first-order valence-electron chi connectivity index (χ1n) is 5.79. The van der Waals surface area contributed by atoms with Gasteiger partial charge >= 0.3 is 5.97 Å². The van der Waals surface area contributed by atoms with Crippen molar-refractivity contribution in [2.45, 2.75) is 46.1 Å². The smallest absolute Gasteiger partial charge is 0.326 e. The number of carbonyl (C=O) groups is 2. The van der Waals surface area contributed by atoms with E-state index in [1.807, 2.05) is 0 Å². The highest BCUT2D eigenvalue weighted by molar-refractivity contribution is 5.89. The Balaban J connectivity index is 2.36. The Hall–Kier alpha value is -1.06. The fourth-order valence-corrected chi connectivity index (χ4v) is 3.86. The van der Waals surface area contributed by atoms with Gasteiger partial charge < -0.3 is 10.4 Å². The average Bonchev–Trinajstić information content (AvgIpc) is 2.51. The molecule has 3 unspecified atom stereocenters. The third-order valence-electron chi connectivity index (χ3n) is 4.26. The normalized spacial score (nSPS) is 41.3. The van der Waals surface area contributed by atoms with E-state index in [-0.39, 0.29) is 22.7 Å². The topological polar surface area (TPSA) is 66.4 Å². The van der Waals surface area contributed by atoms with Crippen LogP contribution in [0.4, 0.5) is 0 Å². The number of carbonyl (C=O) groups excluding carboxylic acids is 1. The molecule has 3 atom stereocenters. The SMILES string of the molecule is CC1CC(C)(C)CC12CC(=O)NC2C(=O)O. The summed E-state index contributed by atoms with van der Waals surface area (Å²) in [4.78, 5) is 22.8. The van der Waals surface area contributed by atoms with Gasteiger partial charge in [0, 0.05) is 11.8 Å². The van der Waals surface area contributed by atoms with Gasteiger partial charge in [0.25, 0.3) is 0 Å². The van der Waals surface area contributed by atoms with Crippen LogP contribution in [0.25, 0.3) is 0 Å². The Labute approximate surface area is 95.4 Å². The molecule has 0 aromatic heterocycles. The predicted molar refractivity (Wildman–Crippen MR) is 58.8 cm³/mol. The van der Waals surface area contributed by atoms with E-state index in [1.54, 1.807) is 0 Å². The Kier molecular flexibility index (Phi) is 2.30. The molecule has 1 aliphatic carbocycles. The van der Waals surface area contributed by atoms with E-state index in [4.69, 9.17) is 0 Å². The van der Waals surface area contributed by atoms with E-state index >= 15 is 0 Å². The molecule has 0 aromatic carbocycles. The fraction of sp³-hybridized carbons (Fsp3) is 0.833. The minimum absolute atomic E-state index is 0.114. The summed E-state index contributed by atoms with van der Waals surface area (Å²) in [5, 5.41) is 11.8. The third-order valence-corrected chi connectivity index (χ3v) is 4.26. The molecule has 1 amide bonds. The number of hydrogen-bond donors (Lipinski definition) is 2. The van der Waals surface area contributed by atoms with E-state index in [0.717, 1.165) is 12.8 Å². The molecule has 16 heavy (non-hydrogen) atoms. The molecule has 1 spiro atoms. The molecule has 1 aliphatic heterocycles. The molecular formula is C12H19NO3. The Morgan fingerprint density at radius 2 is 2.12 bits per heavy atom. The molecule has 1 saturated carbocycles. The lowest BCUT2D eigenvalue weighted by molar-refractivity contribution is -0.143. The van der Waals surface area contributed by atoms with Crippen molar-refractivity contribution >= 4 is 11.9 Å². The Bertz CT molecular complexity index is 350. The van der Waals surface area contributed by atoms with Crippen LogP contribution in [-0.4, -0.2) is 23.0 Å². The van der Waals surface area contributed by atoms with E-state index in [2.05, 4.69) is 26.1 Å². The zero-order chi connectivity index (χ0) is 12.1. The highest BCUT2D eigenvalue weighted by Gasteiger charge is 2.59. The van der Waals surface area contributed by atoms with Crippen LogP contribution >= 0.6 is 0 Å². The monoisotopic (exact) mass is 225 g/mol. The molecule has 4 nitrogen and oxygen atoms in total. The predicted octanol–water partition coefficient (Wildman–Crippen LogP) is 1.40. The summed E-state index contributed by atoms with van der Waals surface area (Å²) < 4.78 is 0. The molecular weight excluding hydrogens is 206 g/mol. The molecule has 2 fully saturated rings. The first kappa shape index (κ1) is 11.4. The van der Waals surface area contributed by atoms with Crippen LogP contribution in [0.2, 0.25) is 0 Å². The van der Waals surface area contributed by atoms with Crippen LogP contribution in [0, 0.1) is 16.7 Å². The number of amides is 1. The molecule has 2 rings (SSSR count). The summed E-state index contributed by atoms with van der Waals surface area (Å²) in [5.41, 5.74) is -0.230. The maximum atomic E-state index is 11.5. The first-order valence-corrected chi connectivity index (χ1v) is 5.79. The number of aliphatic carboxylic acids is 1. The zero-order valence-corrected chi connectivity index (χ0v) is 10.0. The van der Waals surface area contributed by atoms with Gasteiger partial charge in [-0.15, -0.1) is 0 Å². The maximum absolute atomic E-state index is 11.5. The van der Waals surface area contributed by atoms with E-state index in [9.17, 15) is 14.7 Å². The average molecular weight is 225 g/mol. The van der Waals surface area contributed by atoms with Crippen LogP contribution in [0.5, 0.6) is 0 Å². The van der Waals surface area contributed by atoms with Crippen molar-refractivity contribution in [2.24, 2.45) is 16.7 Å². The zero-order valence-electron chi connectivity index (χ0n) is 10.0. The number of hydrogen-bond acceptors (Lipinski definition) is 2. The number of carboxylic acids is 1. The minimum atomic E-state index is -0.893. The maximum Gasteiger partial charge on any atom is 0.326 e. The van der Waals surface area contributed by atoms with Crippen molar-refractivity contribution in [2.75, 3.05) is 0 Å². The number of carboxylic acid groups (broad SMARTS) is 1. The summed E-state index contributed by atoms with van der Waals surface area (Å²) in [6.45, 7) is 6.38. The molecule has 0 aromatic rings. The summed E-state index contributed by atoms with van der Waals surface area (Å²) in [5.74, 6) is -0.727. The molecule has 1 heterocycles. The third kappa shape index (κ3) is 1.51. The molecule has 90 valence electrons. The van der Waals surface area contributed by atoms with Gasteiger partial charge in [0.2, 0.25) is 5.91 Å². The van der Waals surface area contributed by atoms with Crippen LogP contribution in [-0.2, 0) is 9.59 Å². The highest BCUT2D eigenvalue weighted by atomic mass is 16.4. The lowest BCUT2D eigenvalue weighted by Gasteiger charge is -2.32. The summed E-state index contributed by atoms with van der Waals surface area (Å²) in [7, 11) is 0. The summed E-state index contributed by atoms with van der Waals surface area (Å²) in [6, 6.07) is -0.697. The van der Waals surface area contributed by atoms with Gasteiger partial charge in [-0.1, -0.05) is 20.8 Å². The van der Waals surface area contributed by atoms with Crippen molar-refractivity contribution in [3.8, 4) is 0 Å². The van der Waals surface area contributed by atoms with E-state index in [1.165, 1.54) is 0 Å². The molecule has 2 N–H and O–H groups in total. The second kappa shape index (κ2) is 3.22. The van der Waals surface area contributed by atoms with E-state index in [0.29, 0.717) is 6.42 Å². The van der Waals surface area contributed by atoms with E-state index < -0.39 is 12.0 Å². The van der Waals surface area contributed by atoms with Crippen molar-refractivity contribution in [1.29, 1.82) is 0 Å². The molecule has 0 bridgehead atoms. The number of nitrogens with one attached hydrogen (secondary N) is 1. The van der Waals surface area contributed by atoms with Crippen LogP contribution < -0.4 is 5.32 Å². The van der Waals surface area contributed by atoms with Crippen LogP contribution in [0.15, 0.2) is 0 Å². The van der Waals surface area contributed by atoms with Gasteiger partial charge in [-0.05, 0) is 24.2 Å². The van der Waals surface area contributed by atoms with Gasteiger partial charge in [-0.2, -0.15) is 0 Å². The van der Waals surface area contributed by atoms with Crippen molar-refractivity contribution in [3.63, 3.8) is 0 Å². The lowest BCUT2D eigenvalue weighted by Crippen LogP contribution is -2.45. The largest absolute Gasteiger partial charge is 0.480 e. The van der Waals surface area contributed by atoms with Crippen molar-refractivity contribution in [3.05, 3.63) is 0 Å². The minimum Gasteiger partial charge on any atom is -0.480 e. The molecule has 2 aliphatic rings. The second-order valence-electron chi connectivity index (χ2n) is 6.19. The van der Waals surface area contributed by atoms with Gasteiger partial charge in [-0.25, -0.2) is 4.79 Å². The van der Waals surface area contributed by atoms with Crippen molar-refractivity contribution < 1.29 is 14.7 Å². The quantitative estimate of drug-likeness (QED) is 0.709. The standard InChI is InChI=1S/C12H19NO3/c1-7-4-11(2,3)6-12(7)5-8(14)13-9(12)10(15)16/h7,9H,4-6H2,1-3H3,(H,13,14)(H,15,16).